The van der Waals surface area contributed by atoms with Crippen molar-refractivity contribution in [2.75, 3.05) is 0 Å². The summed E-state index contributed by atoms with van der Waals surface area (Å²) < 4.78 is 10.2. The van der Waals surface area contributed by atoms with E-state index in [0.29, 0.717) is 17.9 Å². The van der Waals surface area contributed by atoms with E-state index in [1.807, 2.05) is 18.2 Å². The number of ether oxygens (including phenoxy) is 2. The summed E-state index contributed by atoms with van der Waals surface area (Å²) in [6, 6.07) is 7.26. The number of carbonyl (C=O) groups is 2. The monoisotopic (exact) mass is 310 g/mol. The molecule has 1 aliphatic carbocycles. The van der Waals surface area contributed by atoms with E-state index in [1.165, 1.54) is 0 Å². The van der Waals surface area contributed by atoms with Gasteiger partial charge in [-0.1, -0.05) is 38.3 Å². The Kier molecular flexibility index (Phi) is 5.31. The number of allylic oxidation sites excluding steroid dienone is 4. The molecule has 1 unspecified atom stereocenters. The second-order valence-electron chi connectivity index (χ2n) is 5.13. The largest absolute Gasteiger partial charge is 0.428 e. The van der Waals surface area contributed by atoms with E-state index in [9.17, 15) is 9.59 Å². The third-order valence-electron chi connectivity index (χ3n) is 3.46. The minimum atomic E-state index is -0.486. The lowest BCUT2D eigenvalue weighted by molar-refractivity contribution is -0.134. The molecule has 1 aromatic carbocycles. The quantitative estimate of drug-likeness (QED) is 0.471. The number of hydrogen-bond donors (Lipinski definition) is 0. The van der Waals surface area contributed by atoms with Gasteiger partial charge >= 0.3 is 11.9 Å². The van der Waals surface area contributed by atoms with Crippen LogP contribution in [0.3, 0.4) is 0 Å². The van der Waals surface area contributed by atoms with Gasteiger partial charge in [0.2, 0.25) is 0 Å². The number of rotatable bonds is 5. The zero-order valence-corrected chi connectivity index (χ0v) is 13.0. The molecule has 0 saturated carbocycles. The van der Waals surface area contributed by atoms with E-state index in [0.717, 1.165) is 23.3 Å². The third-order valence-corrected chi connectivity index (χ3v) is 3.46. The highest BCUT2D eigenvalue weighted by Gasteiger charge is 2.18. The molecule has 0 bridgehead atoms. The first-order chi connectivity index (χ1) is 11.0. The van der Waals surface area contributed by atoms with Gasteiger partial charge in [-0.15, -0.1) is 0 Å². The first kappa shape index (κ1) is 16.5. The Hall–Kier alpha value is -2.88. The SMILES string of the molecule is C=CC(=O)OC1=CC=C(c2ccc(OC(=O)C=C)cc2)C(C)C1. The number of benzene rings is 1. The highest BCUT2D eigenvalue weighted by atomic mass is 16.5. The molecule has 0 saturated heterocycles. The summed E-state index contributed by atoms with van der Waals surface area (Å²) in [5.41, 5.74) is 2.16. The van der Waals surface area contributed by atoms with Crippen LogP contribution in [0, 0.1) is 5.92 Å². The Labute approximate surface area is 135 Å². The van der Waals surface area contributed by atoms with Crippen molar-refractivity contribution < 1.29 is 19.1 Å². The van der Waals surface area contributed by atoms with E-state index in [-0.39, 0.29) is 5.92 Å². The fourth-order valence-corrected chi connectivity index (χ4v) is 2.33. The Morgan fingerprint density at radius 3 is 2.22 bits per heavy atom. The van der Waals surface area contributed by atoms with Crippen molar-refractivity contribution >= 4 is 17.5 Å². The molecule has 118 valence electrons. The van der Waals surface area contributed by atoms with Crippen molar-refractivity contribution in [1.82, 2.24) is 0 Å². The molecule has 0 N–H and O–H groups in total. The molecule has 0 fully saturated rings. The standard InChI is InChI=1S/C19H18O4/c1-4-18(20)22-15-8-6-14(7-9-15)17-11-10-16(12-13(17)3)23-19(21)5-2/h4-11,13H,1-2,12H2,3H3. The van der Waals surface area contributed by atoms with Crippen LogP contribution in [0.15, 0.2) is 67.5 Å². The first-order valence-electron chi connectivity index (χ1n) is 7.23. The molecule has 0 radical (unpaired) electrons. The summed E-state index contributed by atoms with van der Waals surface area (Å²) in [5.74, 6) is 0.365. The second kappa shape index (κ2) is 7.40. The van der Waals surface area contributed by atoms with Crippen LogP contribution in [-0.4, -0.2) is 11.9 Å². The first-order valence-corrected chi connectivity index (χ1v) is 7.23. The topological polar surface area (TPSA) is 52.6 Å². The van der Waals surface area contributed by atoms with Crippen molar-refractivity contribution in [3.05, 3.63) is 73.1 Å². The Bertz CT molecular complexity index is 693. The molecule has 23 heavy (non-hydrogen) atoms. The fraction of sp³-hybridized carbons (Fsp3) is 0.158. The van der Waals surface area contributed by atoms with Gasteiger partial charge in [0.15, 0.2) is 0 Å². The molecular formula is C19H18O4. The molecule has 0 heterocycles. The molecule has 2 rings (SSSR count). The molecule has 1 aliphatic rings. The fourth-order valence-electron chi connectivity index (χ4n) is 2.33. The van der Waals surface area contributed by atoms with Gasteiger partial charge in [-0.3, -0.25) is 0 Å². The zero-order valence-electron chi connectivity index (χ0n) is 13.0. The minimum absolute atomic E-state index is 0.203. The highest BCUT2D eigenvalue weighted by molar-refractivity contribution is 5.83. The number of hydrogen-bond acceptors (Lipinski definition) is 4. The summed E-state index contributed by atoms with van der Waals surface area (Å²) in [4.78, 5) is 22.4. The molecule has 0 amide bonds. The average Bonchev–Trinajstić information content (AvgIpc) is 2.55. The predicted octanol–water partition coefficient (Wildman–Crippen LogP) is 3.81. The molecule has 4 heteroatoms. The van der Waals surface area contributed by atoms with Crippen LogP contribution in [0.1, 0.15) is 18.9 Å². The van der Waals surface area contributed by atoms with E-state index in [2.05, 4.69) is 20.1 Å². The van der Waals surface area contributed by atoms with Crippen molar-refractivity contribution in [2.24, 2.45) is 5.92 Å². The van der Waals surface area contributed by atoms with E-state index in [4.69, 9.17) is 9.47 Å². The molecule has 1 atom stereocenters. The van der Waals surface area contributed by atoms with Crippen LogP contribution >= 0.6 is 0 Å². The van der Waals surface area contributed by atoms with Gasteiger partial charge in [0, 0.05) is 18.6 Å². The van der Waals surface area contributed by atoms with Gasteiger partial charge in [-0.2, -0.15) is 0 Å². The maximum absolute atomic E-state index is 11.2. The zero-order chi connectivity index (χ0) is 16.8. The lowest BCUT2D eigenvalue weighted by Gasteiger charge is -2.21. The van der Waals surface area contributed by atoms with Gasteiger partial charge in [-0.25, -0.2) is 9.59 Å². The summed E-state index contributed by atoms with van der Waals surface area (Å²) in [6.07, 6.45) is 6.64. The summed E-state index contributed by atoms with van der Waals surface area (Å²) >= 11 is 0. The van der Waals surface area contributed by atoms with Crippen molar-refractivity contribution in [1.29, 1.82) is 0 Å². The van der Waals surface area contributed by atoms with Crippen LogP contribution in [0.4, 0.5) is 0 Å². The molecule has 0 aromatic heterocycles. The summed E-state index contributed by atoms with van der Waals surface area (Å²) in [5, 5.41) is 0. The molecular weight excluding hydrogens is 292 g/mol. The highest BCUT2D eigenvalue weighted by Crippen LogP contribution is 2.33. The van der Waals surface area contributed by atoms with E-state index >= 15 is 0 Å². The maximum atomic E-state index is 11.2. The van der Waals surface area contributed by atoms with Gasteiger partial charge in [0.25, 0.3) is 0 Å². The maximum Gasteiger partial charge on any atom is 0.335 e. The van der Waals surface area contributed by atoms with Crippen molar-refractivity contribution in [3.63, 3.8) is 0 Å². The predicted molar refractivity (Wildman–Crippen MR) is 88.4 cm³/mol. The third kappa shape index (κ3) is 4.30. The molecule has 1 aromatic rings. The van der Waals surface area contributed by atoms with Crippen LogP contribution in [0.25, 0.3) is 5.57 Å². The van der Waals surface area contributed by atoms with E-state index < -0.39 is 11.9 Å². The lowest BCUT2D eigenvalue weighted by atomic mass is 9.87. The molecule has 0 spiro atoms. The van der Waals surface area contributed by atoms with Gasteiger partial charge in [0.05, 0.1) is 0 Å². The lowest BCUT2D eigenvalue weighted by Crippen LogP contribution is -2.09. The van der Waals surface area contributed by atoms with Gasteiger partial charge < -0.3 is 9.47 Å². The number of carbonyl (C=O) groups excluding carboxylic acids is 2. The molecule has 0 aliphatic heterocycles. The molecule has 4 nitrogen and oxygen atoms in total. The second-order valence-corrected chi connectivity index (χ2v) is 5.13. The van der Waals surface area contributed by atoms with Gasteiger partial charge in [0.1, 0.15) is 11.5 Å². The van der Waals surface area contributed by atoms with Crippen molar-refractivity contribution in [2.45, 2.75) is 13.3 Å². The minimum Gasteiger partial charge on any atom is -0.428 e. The summed E-state index contributed by atoms with van der Waals surface area (Å²) in [6.45, 7) is 8.80. The number of esters is 2. The van der Waals surface area contributed by atoms with Crippen LogP contribution < -0.4 is 4.74 Å². The Balaban J connectivity index is 2.14. The van der Waals surface area contributed by atoms with Crippen molar-refractivity contribution in [3.8, 4) is 5.75 Å². The van der Waals surface area contributed by atoms with Gasteiger partial charge in [-0.05, 0) is 35.3 Å². The smallest absolute Gasteiger partial charge is 0.335 e. The Morgan fingerprint density at radius 1 is 1.04 bits per heavy atom. The van der Waals surface area contributed by atoms with Crippen LogP contribution in [0.5, 0.6) is 5.75 Å². The summed E-state index contributed by atoms with van der Waals surface area (Å²) in [7, 11) is 0. The van der Waals surface area contributed by atoms with Crippen LogP contribution in [-0.2, 0) is 14.3 Å². The van der Waals surface area contributed by atoms with E-state index in [1.54, 1.807) is 18.2 Å². The average molecular weight is 310 g/mol. The van der Waals surface area contributed by atoms with Crippen LogP contribution in [0.2, 0.25) is 0 Å². The normalized spacial score (nSPS) is 16.7. The Morgan fingerprint density at radius 2 is 1.65 bits per heavy atom.